The maximum absolute atomic E-state index is 11.3. The molecular weight excluding hydrogens is 178 g/mol. The maximum atomic E-state index is 11.3. The molecule has 1 N–H and O–H groups in total. The molecule has 1 aliphatic heterocycles. The minimum Gasteiger partial charge on any atom is -0.468 e. The van der Waals surface area contributed by atoms with Crippen LogP contribution in [0.15, 0.2) is 0 Å². The number of ether oxygens (including phenoxy) is 1. The Balaban J connectivity index is 2.39. The van der Waals surface area contributed by atoms with E-state index in [-0.39, 0.29) is 12.0 Å². The second-order valence-corrected chi connectivity index (χ2v) is 4.55. The van der Waals surface area contributed by atoms with Gasteiger partial charge in [0.15, 0.2) is 0 Å². The van der Waals surface area contributed by atoms with Gasteiger partial charge in [-0.3, -0.25) is 4.79 Å². The fourth-order valence-corrected chi connectivity index (χ4v) is 2.20. The van der Waals surface area contributed by atoms with Crippen molar-refractivity contribution in [1.82, 2.24) is 5.32 Å². The van der Waals surface area contributed by atoms with Crippen molar-refractivity contribution in [3.05, 3.63) is 0 Å². The third-order valence-electron chi connectivity index (χ3n) is 2.80. The Morgan fingerprint density at radius 3 is 2.86 bits per heavy atom. The summed E-state index contributed by atoms with van der Waals surface area (Å²) in [5.41, 5.74) is 0. The molecule has 0 radical (unpaired) electrons. The Morgan fingerprint density at radius 1 is 1.57 bits per heavy atom. The van der Waals surface area contributed by atoms with Gasteiger partial charge in [-0.05, 0) is 37.6 Å². The summed E-state index contributed by atoms with van der Waals surface area (Å²) in [6.45, 7) is 5.40. The molecular formula is C11H21NO2. The van der Waals surface area contributed by atoms with Crippen molar-refractivity contribution in [1.29, 1.82) is 0 Å². The summed E-state index contributed by atoms with van der Waals surface area (Å²) in [4.78, 5) is 11.3. The molecule has 1 saturated heterocycles. The van der Waals surface area contributed by atoms with Crippen molar-refractivity contribution in [2.45, 2.75) is 39.2 Å². The first kappa shape index (κ1) is 11.5. The zero-order valence-corrected chi connectivity index (χ0v) is 9.38. The molecule has 14 heavy (non-hydrogen) atoms. The van der Waals surface area contributed by atoms with Crippen molar-refractivity contribution >= 4 is 5.97 Å². The van der Waals surface area contributed by atoms with E-state index in [0.717, 1.165) is 18.9 Å². The second-order valence-electron chi connectivity index (χ2n) is 4.55. The van der Waals surface area contributed by atoms with E-state index in [2.05, 4.69) is 19.2 Å². The molecule has 1 heterocycles. The van der Waals surface area contributed by atoms with Gasteiger partial charge in [0.1, 0.15) is 6.04 Å². The van der Waals surface area contributed by atoms with E-state index in [4.69, 9.17) is 4.74 Å². The molecule has 0 aliphatic carbocycles. The van der Waals surface area contributed by atoms with Crippen molar-refractivity contribution < 1.29 is 9.53 Å². The smallest absolute Gasteiger partial charge is 0.322 e. The summed E-state index contributed by atoms with van der Waals surface area (Å²) in [6, 6.07) is -0.0718. The third kappa shape index (κ3) is 3.29. The average molecular weight is 199 g/mol. The van der Waals surface area contributed by atoms with Gasteiger partial charge in [0.2, 0.25) is 0 Å². The quantitative estimate of drug-likeness (QED) is 0.701. The predicted octanol–water partition coefficient (Wildman–Crippen LogP) is 1.57. The fraction of sp³-hybridized carbons (Fsp3) is 0.909. The number of carbonyl (C=O) groups is 1. The first-order valence-electron chi connectivity index (χ1n) is 5.44. The van der Waals surface area contributed by atoms with Crippen LogP contribution in [0.4, 0.5) is 0 Å². The van der Waals surface area contributed by atoms with Gasteiger partial charge < -0.3 is 10.1 Å². The Hall–Kier alpha value is -0.570. The molecule has 2 atom stereocenters. The molecule has 1 aliphatic rings. The van der Waals surface area contributed by atoms with Crippen molar-refractivity contribution in [3.63, 3.8) is 0 Å². The number of nitrogens with one attached hydrogen (secondary N) is 1. The van der Waals surface area contributed by atoms with Crippen molar-refractivity contribution in [2.24, 2.45) is 11.8 Å². The molecule has 0 saturated carbocycles. The van der Waals surface area contributed by atoms with Gasteiger partial charge >= 0.3 is 5.97 Å². The number of hydrogen-bond acceptors (Lipinski definition) is 3. The molecule has 0 spiro atoms. The molecule has 3 heteroatoms. The highest BCUT2D eigenvalue weighted by Crippen LogP contribution is 2.23. The lowest BCUT2D eigenvalue weighted by Crippen LogP contribution is -2.44. The summed E-state index contributed by atoms with van der Waals surface area (Å²) < 4.78 is 4.74. The fourth-order valence-electron chi connectivity index (χ4n) is 2.20. The number of rotatable bonds is 3. The van der Waals surface area contributed by atoms with E-state index in [9.17, 15) is 4.79 Å². The predicted molar refractivity (Wildman–Crippen MR) is 56.0 cm³/mol. The summed E-state index contributed by atoms with van der Waals surface area (Å²) in [7, 11) is 1.45. The summed E-state index contributed by atoms with van der Waals surface area (Å²) in [6.07, 6.45) is 3.34. The summed E-state index contributed by atoms with van der Waals surface area (Å²) >= 11 is 0. The van der Waals surface area contributed by atoms with E-state index in [1.54, 1.807) is 0 Å². The SMILES string of the molecule is COC(=O)[C@H]1C[C@@H](CC(C)C)CCN1. The van der Waals surface area contributed by atoms with Gasteiger partial charge in [0.05, 0.1) is 7.11 Å². The van der Waals surface area contributed by atoms with Crippen LogP contribution in [0.25, 0.3) is 0 Å². The van der Waals surface area contributed by atoms with Crippen LogP contribution >= 0.6 is 0 Å². The molecule has 82 valence electrons. The van der Waals surface area contributed by atoms with Crippen LogP contribution < -0.4 is 5.32 Å². The molecule has 1 rings (SSSR count). The molecule has 0 aromatic heterocycles. The number of hydrogen-bond donors (Lipinski definition) is 1. The topological polar surface area (TPSA) is 38.3 Å². The van der Waals surface area contributed by atoms with Gasteiger partial charge in [-0.25, -0.2) is 0 Å². The van der Waals surface area contributed by atoms with E-state index in [1.165, 1.54) is 20.0 Å². The molecule has 3 nitrogen and oxygen atoms in total. The van der Waals surface area contributed by atoms with Crippen molar-refractivity contribution in [3.8, 4) is 0 Å². The van der Waals surface area contributed by atoms with Gasteiger partial charge in [-0.1, -0.05) is 13.8 Å². The first-order chi connectivity index (χ1) is 6.63. The summed E-state index contributed by atoms with van der Waals surface area (Å²) in [5, 5.41) is 3.20. The Bertz CT molecular complexity index is 192. The lowest BCUT2D eigenvalue weighted by molar-refractivity contribution is -0.144. The normalized spacial score (nSPS) is 27.7. The van der Waals surface area contributed by atoms with Crippen LogP contribution in [0.3, 0.4) is 0 Å². The van der Waals surface area contributed by atoms with Crippen LogP contribution in [0, 0.1) is 11.8 Å². The van der Waals surface area contributed by atoms with Crippen LogP contribution in [-0.2, 0) is 9.53 Å². The highest BCUT2D eigenvalue weighted by molar-refractivity contribution is 5.75. The van der Waals surface area contributed by atoms with E-state index in [1.807, 2.05) is 0 Å². The number of carbonyl (C=O) groups excluding carboxylic acids is 1. The van der Waals surface area contributed by atoms with Crippen LogP contribution in [-0.4, -0.2) is 25.7 Å². The van der Waals surface area contributed by atoms with Crippen molar-refractivity contribution in [2.75, 3.05) is 13.7 Å². The molecule has 0 unspecified atom stereocenters. The molecule has 0 aromatic rings. The third-order valence-corrected chi connectivity index (χ3v) is 2.80. The van der Waals surface area contributed by atoms with E-state index in [0.29, 0.717) is 5.92 Å². The zero-order chi connectivity index (χ0) is 10.6. The van der Waals surface area contributed by atoms with Gasteiger partial charge in [0, 0.05) is 0 Å². The lowest BCUT2D eigenvalue weighted by Gasteiger charge is -2.29. The van der Waals surface area contributed by atoms with Gasteiger partial charge in [-0.15, -0.1) is 0 Å². The average Bonchev–Trinajstić information content (AvgIpc) is 2.16. The van der Waals surface area contributed by atoms with Crippen LogP contribution in [0.5, 0.6) is 0 Å². The van der Waals surface area contributed by atoms with Gasteiger partial charge in [0.25, 0.3) is 0 Å². The Morgan fingerprint density at radius 2 is 2.29 bits per heavy atom. The second kappa shape index (κ2) is 5.35. The highest BCUT2D eigenvalue weighted by atomic mass is 16.5. The standard InChI is InChI=1S/C11H21NO2/c1-8(2)6-9-4-5-12-10(7-9)11(13)14-3/h8-10,12H,4-7H2,1-3H3/t9-,10-/m1/s1. The number of methoxy groups -OCH3 is 1. The van der Waals surface area contributed by atoms with E-state index < -0.39 is 0 Å². The lowest BCUT2D eigenvalue weighted by atomic mass is 9.86. The van der Waals surface area contributed by atoms with Gasteiger partial charge in [-0.2, -0.15) is 0 Å². The minimum atomic E-state index is -0.113. The zero-order valence-electron chi connectivity index (χ0n) is 9.38. The molecule has 1 fully saturated rings. The van der Waals surface area contributed by atoms with E-state index >= 15 is 0 Å². The molecule has 0 aromatic carbocycles. The number of piperidine rings is 1. The van der Waals surface area contributed by atoms with Crippen LogP contribution in [0.2, 0.25) is 0 Å². The Labute approximate surface area is 86.2 Å². The highest BCUT2D eigenvalue weighted by Gasteiger charge is 2.27. The molecule has 0 bridgehead atoms. The Kier molecular flexibility index (Phi) is 4.39. The monoisotopic (exact) mass is 199 g/mol. The largest absolute Gasteiger partial charge is 0.468 e. The maximum Gasteiger partial charge on any atom is 0.322 e. The summed E-state index contributed by atoms with van der Waals surface area (Å²) in [5.74, 6) is 1.29. The first-order valence-corrected chi connectivity index (χ1v) is 5.44. The van der Waals surface area contributed by atoms with Crippen LogP contribution in [0.1, 0.15) is 33.1 Å². The molecule has 0 amide bonds. The minimum absolute atomic E-state index is 0.0718. The number of esters is 1.